The van der Waals surface area contributed by atoms with E-state index in [0.717, 1.165) is 6.42 Å². The van der Waals surface area contributed by atoms with Gasteiger partial charge in [0.1, 0.15) is 13.6 Å². The van der Waals surface area contributed by atoms with Gasteiger partial charge in [-0.2, -0.15) is 6.08 Å². The van der Waals surface area contributed by atoms with Gasteiger partial charge >= 0.3 is 25.7 Å². The van der Waals surface area contributed by atoms with Crippen molar-refractivity contribution in [1.29, 1.82) is 0 Å². The summed E-state index contributed by atoms with van der Waals surface area (Å²) in [6.45, 7) is 5.06. The van der Waals surface area contributed by atoms with E-state index in [1.165, 1.54) is 0 Å². The maximum Gasteiger partial charge on any atom is 2.00 e. The van der Waals surface area contributed by atoms with Crippen molar-refractivity contribution in [3.63, 3.8) is 0 Å². The van der Waals surface area contributed by atoms with Crippen LogP contribution in [-0.2, 0) is 26.7 Å². The standard InChI is InChI=1S/C5H12O3.C5H5.2CH2O.CH3.Mn.H3O3P/c1-5(2-6,3-7)4-8;1-2-4-5-3-1;2*1-2;;;1-4(2)3/h6-8H,2-4H2,1H3;1-3H,4H2;2*1H2;1H3;;1-3H/q;-1;;;-1;+2;. The maximum absolute atomic E-state index is 8.47. The quantitative estimate of drug-likeness (QED) is 0.212. The van der Waals surface area contributed by atoms with Crippen LogP contribution < -0.4 is 0 Å². The van der Waals surface area contributed by atoms with Crippen LogP contribution in [0.25, 0.3) is 0 Å². The van der Waals surface area contributed by atoms with Gasteiger partial charge in [-0.1, -0.05) is 6.92 Å². The molecule has 0 aromatic heterocycles. The Kier molecular flexibility index (Phi) is 55.2. The van der Waals surface area contributed by atoms with E-state index < -0.39 is 14.0 Å². The van der Waals surface area contributed by atoms with Crippen LogP contribution in [-0.4, -0.2) is 63.4 Å². The molecule has 0 aromatic carbocycles. The normalized spacial score (nSPS) is 9.91. The van der Waals surface area contributed by atoms with Gasteiger partial charge in [-0.3, -0.25) is 6.08 Å². The van der Waals surface area contributed by atoms with Crippen LogP contribution in [0.3, 0.4) is 0 Å². The first-order chi connectivity index (χ1) is 9.91. The van der Waals surface area contributed by atoms with Crippen molar-refractivity contribution in [3.05, 3.63) is 31.7 Å². The average Bonchev–Trinajstić information content (AvgIpc) is 3.09. The van der Waals surface area contributed by atoms with Gasteiger partial charge in [0.25, 0.3) is 0 Å². The molecule has 1 aliphatic rings. The zero-order chi connectivity index (χ0) is 17.7. The molecule has 0 aliphatic heterocycles. The summed E-state index contributed by atoms with van der Waals surface area (Å²) in [5, 5.41) is 25.4. The summed E-state index contributed by atoms with van der Waals surface area (Å²) in [5.74, 6) is 0. The number of rotatable bonds is 3. The van der Waals surface area contributed by atoms with Crippen LogP contribution in [0, 0.1) is 18.9 Å². The molecule has 1 aliphatic carbocycles. The van der Waals surface area contributed by atoms with E-state index in [-0.39, 0.29) is 44.3 Å². The number of aliphatic hydroxyl groups excluding tert-OH is 3. The summed E-state index contributed by atoms with van der Waals surface area (Å²) in [5.41, 5.74) is -0.708. The van der Waals surface area contributed by atoms with Gasteiger partial charge in [0.2, 0.25) is 0 Å². The number of aliphatic hydroxyl groups is 3. The average molecular weight is 397 g/mol. The van der Waals surface area contributed by atoms with Crippen LogP contribution in [0.2, 0.25) is 0 Å². The molecule has 0 amide bonds. The summed E-state index contributed by atoms with van der Waals surface area (Å²) >= 11 is 0. The second kappa shape index (κ2) is 33.2. The Hall–Kier alpha value is -0.471. The van der Waals surface area contributed by atoms with Crippen LogP contribution in [0.5, 0.6) is 0 Å². The fourth-order valence-electron chi connectivity index (χ4n) is 0.490. The second-order valence-corrected chi connectivity index (χ2v) is 4.09. The summed E-state index contributed by atoms with van der Waals surface area (Å²) in [6, 6.07) is 0. The summed E-state index contributed by atoms with van der Waals surface area (Å²) in [7, 11) is -2.62. The van der Waals surface area contributed by atoms with Gasteiger partial charge in [0.05, 0.1) is 19.8 Å². The zero-order valence-electron chi connectivity index (χ0n) is 13.3. The van der Waals surface area contributed by atoms with Crippen molar-refractivity contribution in [3.8, 4) is 0 Å². The molecule has 0 spiro atoms. The Balaban J connectivity index is -0.0000000424. The summed E-state index contributed by atoms with van der Waals surface area (Å²) < 4.78 is 0. The van der Waals surface area contributed by atoms with Crippen molar-refractivity contribution in [1.82, 2.24) is 0 Å². The van der Waals surface area contributed by atoms with Gasteiger partial charge in [0.15, 0.2) is 0 Å². The Morgan fingerprint density at radius 3 is 1.39 bits per heavy atom. The molecule has 0 fully saturated rings. The molecule has 0 aromatic rings. The van der Waals surface area contributed by atoms with Crippen LogP contribution >= 0.6 is 8.60 Å². The van der Waals surface area contributed by atoms with E-state index >= 15 is 0 Å². The number of hydrogen-bond donors (Lipinski definition) is 6. The Bertz CT molecular complexity index is 225. The van der Waals surface area contributed by atoms with Gasteiger partial charge in [-0.05, 0) is 0 Å². The number of hydrogen-bond acceptors (Lipinski definition) is 8. The van der Waals surface area contributed by atoms with Crippen molar-refractivity contribution in [2.24, 2.45) is 5.41 Å². The van der Waals surface area contributed by atoms with Crippen molar-refractivity contribution < 1.29 is 56.7 Å². The minimum Gasteiger partial charge on any atom is -0.396 e. The molecule has 8 nitrogen and oxygen atoms in total. The predicted molar refractivity (Wildman–Crippen MR) is 85.2 cm³/mol. The smallest absolute Gasteiger partial charge is 0.396 e. The molecule has 6 N–H and O–H groups in total. The molecule has 1 rings (SSSR count). The van der Waals surface area contributed by atoms with Crippen molar-refractivity contribution in [2.45, 2.75) is 13.3 Å². The predicted octanol–water partition coefficient (Wildman–Crippen LogP) is -0.457. The molecule has 10 heteroatoms. The molecule has 0 unspecified atom stereocenters. The Labute approximate surface area is 149 Å². The molecular weight excluding hydrogens is 370 g/mol. The molecule has 0 saturated heterocycles. The third-order valence-corrected chi connectivity index (χ3v) is 1.73. The van der Waals surface area contributed by atoms with E-state index in [0.29, 0.717) is 0 Å². The fourth-order valence-corrected chi connectivity index (χ4v) is 0.490. The monoisotopic (exact) mass is 397 g/mol. The largest absolute Gasteiger partial charge is 2.00 e. The number of carbonyl (C=O) groups is 2. The molecule has 0 saturated carbocycles. The molecule has 139 valence electrons. The SMILES string of the molecule is C=O.C=O.CC(CO)(CO)CO.OP(O)O.[C-]1=CC=CC1.[CH3-].[Mn+2]. The Morgan fingerprint density at radius 2 is 1.35 bits per heavy atom. The molecule has 0 heterocycles. The van der Waals surface area contributed by atoms with E-state index in [4.69, 9.17) is 39.6 Å². The number of allylic oxidation sites excluding steroid dienone is 4. The minimum atomic E-state index is -2.62. The van der Waals surface area contributed by atoms with Crippen LogP contribution in [0.15, 0.2) is 18.2 Å². The molecular formula is C13H27MnO8P. The van der Waals surface area contributed by atoms with E-state index in [1.807, 2.05) is 25.7 Å². The van der Waals surface area contributed by atoms with Crippen LogP contribution in [0.1, 0.15) is 13.3 Å². The second-order valence-electron chi connectivity index (χ2n) is 3.56. The molecule has 0 atom stereocenters. The fraction of sp³-hybridized carbons (Fsp3) is 0.462. The van der Waals surface area contributed by atoms with Crippen molar-refractivity contribution in [2.75, 3.05) is 19.8 Å². The third-order valence-electron chi connectivity index (χ3n) is 1.73. The summed E-state index contributed by atoms with van der Waals surface area (Å²) in [4.78, 5) is 37.7. The third kappa shape index (κ3) is 44.9. The number of carbonyl (C=O) groups excluding carboxylic acids is 2. The molecule has 0 bridgehead atoms. The maximum atomic E-state index is 8.47. The van der Waals surface area contributed by atoms with Gasteiger partial charge < -0.3 is 47.0 Å². The van der Waals surface area contributed by atoms with E-state index in [9.17, 15) is 0 Å². The van der Waals surface area contributed by atoms with Crippen molar-refractivity contribution >= 4 is 22.2 Å². The zero-order valence-corrected chi connectivity index (χ0v) is 15.4. The molecule has 23 heavy (non-hydrogen) atoms. The van der Waals surface area contributed by atoms with Crippen LogP contribution in [0.4, 0.5) is 0 Å². The van der Waals surface area contributed by atoms with Gasteiger partial charge in [-0.15, -0.1) is 6.42 Å². The van der Waals surface area contributed by atoms with E-state index in [1.54, 1.807) is 6.92 Å². The Morgan fingerprint density at radius 1 is 1.04 bits per heavy atom. The first-order valence-electron chi connectivity index (χ1n) is 5.40. The van der Waals surface area contributed by atoms with Gasteiger partial charge in [-0.25, -0.2) is 12.2 Å². The topological polar surface area (TPSA) is 156 Å². The summed E-state index contributed by atoms with van der Waals surface area (Å²) in [6.07, 6.45) is 10.0. The van der Waals surface area contributed by atoms with Gasteiger partial charge in [0, 0.05) is 5.41 Å². The first kappa shape index (κ1) is 38.2. The molecule has 1 radical (unpaired) electrons. The minimum absolute atomic E-state index is 0. The first-order valence-corrected chi connectivity index (χ1v) is 6.60. The van der Waals surface area contributed by atoms with E-state index in [2.05, 4.69) is 12.2 Å².